The summed E-state index contributed by atoms with van der Waals surface area (Å²) in [4.78, 5) is 4.35. The maximum absolute atomic E-state index is 12.8. The number of aromatic nitrogens is 2. The first kappa shape index (κ1) is 14.7. The second-order valence-corrected chi connectivity index (χ2v) is 6.54. The first-order valence-corrected chi connectivity index (χ1v) is 7.44. The molecule has 1 atom stereocenters. The normalized spacial score (nSPS) is 24.1. The lowest BCUT2D eigenvalue weighted by atomic mass is 9.81. The molecule has 21 heavy (non-hydrogen) atoms. The van der Waals surface area contributed by atoms with E-state index in [2.05, 4.69) is 11.9 Å². The molecule has 114 valence electrons. The van der Waals surface area contributed by atoms with Gasteiger partial charge < -0.3 is 4.57 Å². The maximum atomic E-state index is 12.8. The number of hydrogen-bond acceptors (Lipinski definition) is 1. The highest BCUT2D eigenvalue weighted by atomic mass is 35.5. The molecule has 2 aromatic rings. The molecule has 6 heteroatoms. The standard InChI is InChI=1S/C15H16ClF3N2/c1-8-5-11(6-8)21-13-4-3-10(15(17,18)19)7-12(13)20-14(21)9(2)16/h3-4,7-9,11H,5-6H2,1-2H3. The lowest BCUT2D eigenvalue weighted by Crippen LogP contribution is -2.26. The molecule has 0 radical (unpaired) electrons. The molecule has 1 unspecified atom stereocenters. The van der Waals surface area contributed by atoms with E-state index in [1.807, 2.05) is 4.57 Å². The molecular formula is C15H16ClF3N2. The van der Waals surface area contributed by atoms with Crippen molar-refractivity contribution in [1.29, 1.82) is 0 Å². The number of fused-ring (bicyclic) bond motifs is 1. The van der Waals surface area contributed by atoms with E-state index in [4.69, 9.17) is 11.6 Å². The Balaban J connectivity index is 2.13. The van der Waals surface area contributed by atoms with Crippen LogP contribution in [0.15, 0.2) is 18.2 Å². The van der Waals surface area contributed by atoms with Gasteiger partial charge in [-0.05, 0) is 43.9 Å². The van der Waals surface area contributed by atoms with E-state index in [9.17, 15) is 13.2 Å². The summed E-state index contributed by atoms with van der Waals surface area (Å²) in [5.74, 6) is 1.29. The topological polar surface area (TPSA) is 17.8 Å². The minimum Gasteiger partial charge on any atom is -0.324 e. The minimum absolute atomic E-state index is 0.290. The Hall–Kier alpha value is -1.23. The van der Waals surface area contributed by atoms with Crippen LogP contribution in [0.25, 0.3) is 11.0 Å². The largest absolute Gasteiger partial charge is 0.416 e. The van der Waals surface area contributed by atoms with Crippen LogP contribution in [-0.4, -0.2) is 9.55 Å². The van der Waals surface area contributed by atoms with Crippen molar-refractivity contribution < 1.29 is 13.2 Å². The van der Waals surface area contributed by atoms with E-state index < -0.39 is 11.7 Å². The molecule has 1 saturated carbocycles. The van der Waals surface area contributed by atoms with Crippen LogP contribution in [0.3, 0.4) is 0 Å². The predicted molar refractivity (Wildman–Crippen MR) is 76.4 cm³/mol. The zero-order valence-corrected chi connectivity index (χ0v) is 12.5. The van der Waals surface area contributed by atoms with E-state index in [1.165, 1.54) is 6.07 Å². The van der Waals surface area contributed by atoms with Crippen LogP contribution in [0, 0.1) is 5.92 Å². The number of alkyl halides is 4. The highest BCUT2D eigenvalue weighted by Crippen LogP contribution is 2.42. The van der Waals surface area contributed by atoms with Gasteiger partial charge >= 0.3 is 6.18 Å². The fourth-order valence-electron chi connectivity index (χ4n) is 3.03. The summed E-state index contributed by atoms with van der Waals surface area (Å²) in [7, 11) is 0. The quantitative estimate of drug-likeness (QED) is 0.685. The molecule has 0 bridgehead atoms. The summed E-state index contributed by atoms with van der Waals surface area (Å²) in [6.45, 7) is 3.97. The van der Waals surface area contributed by atoms with Crippen molar-refractivity contribution in [2.24, 2.45) is 5.92 Å². The Morgan fingerprint density at radius 2 is 2.00 bits per heavy atom. The molecule has 1 fully saturated rings. The molecule has 1 heterocycles. The summed E-state index contributed by atoms with van der Waals surface area (Å²) in [6, 6.07) is 4.02. The number of imidazole rings is 1. The van der Waals surface area contributed by atoms with Crippen LogP contribution in [0.4, 0.5) is 13.2 Å². The van der Waals surface area contributed by atoms with Crippen molar-refractivity contribution in [3.8, 4) is 0 Å². The first-order valence-electron chi connectivity index (χ1n) is 7.00. The third-order valence-corrected chi connectivity index (χ3v) is 4.31. The second kappa shape index (κ2) is 4.90. The monoisotopic (exact) mass is 316 g/mol. The third kappa shape index (κ3) is 2.52. The van der Waals surface area contributed by atoms with Crippen molar-refractivity contribution >= 4 is 22.6 Å². The van der Waals surface area contributed by atoms with E-state index in [-0.39, 0.29) is 11.4 Å². The highest BCUT2D eigenvalue weighted by molar-refractivity contribution is 6.20. The SMILES string of the molecule is CC1CC(n2c(C(C)Cl)nc3cc(C(F)(F)F)ccc32)C1. The third-order valence-electron chi connectivity index (χ3n) is 4.11. The van der Waals surface area contributed by atoms with Gasteiger partial charge in [0.15, 0.2) is 0 Å². The lowest BCUT2D eigenvalue weighted by Gasteiger charge is -2.35. The number of hydrogen-bond donors (Lipinski definition) is 0. The van der Waals surface area contributed by atoms with Crippen molar-refractivity contribution in [3.05, 3.63) is 29.6 Å². The van der Waals surface area contributed by atoms with Crippen LogP contribution in [0.1, 0.15) is 49.5 Å². The van der Waals surface area contributed by atoms with Crippen molar-refractivity contribution in [3.63, 3.8) is 0 Å². The van der Waals surface area contributed by atoms with Gasteiger partial charge in [0.1, 0.15) is 5.82 Å². The Bertz CT molecular complexity index is 669. The molecule has 0 N–H and O–H groups in total. The van der Waals surface area contributed by atoms with Crippen LogP contribution in [0.2, 0.25) is 0 Å². The van der Waals surface area contributed by atoms with E-state index in [0.717, 1.165) is 30.5 Å². The number of rotatable bonds is 2. The van der Waals surface area contributed by atoms with Gasteiger partial charge in [-0.1, -0.05) is 6.92 Å². The first-order chi connectivity index (χ1) is 9.77. The van der Waals surface area contributed by atoms with Gasteiger partial charge in [-0.25, -0.2) is 4.98 Å². The summed E-state index contributed by atoms with van der Waals surface area (Å²) in [5.41, 5.74) is 0.435. The molecule has 2 nitrogen and oxygen atoms in total. The van der Waals surface area contributed by atoms with Crippen molar-refractivity contribution in [2.75, 3.05) is 0 Å². The Morgan fingerprint density at radius 1 is 1.33 bits per heavy atom. The van der Waals surface area contributed by atoms with Crippen LogP contribution >= 0.6 is 11.6 Å². The van der Waals surface area contributed by atoms with Gasteiger partial charge in [-0.3, -0.25) is 0 Å². The summed E-state index contributed by atoms with van der Waals surface area (Å²) in [6.07, 6.45) is -2.32. The van der Waals surface area contributed by atoms with Crippen LogP contribution < -0.4 is 0 Å². The molecule has 1 aromatic heterocycles. The predicted octanol–water partition coefficient (Wildman–Crippen LogP) is 5.33. The average Bonchev–Trinajstić information content (AvgIpc) is 2.72. The van der Waals surface area contributed by atoms with Crippen LogP contribution in [-0.2, 0) is 6.18 Å². The average molecular weight is 317 g/mol. The molecule has 1 aromatic carbocycles. The molecule has 1 aliphatic rings. The van der Waals surface area contributed by atoms with Gasteiger partial charge in [-0.2, -0.15) is 13.2 Å². The highest BCUT2D eigenvalue weighted by Gasteiger charge is 2.33. The Labute approximate surface area is 125 Å². The van der Waals surface area contributed by atoms with Gasteiger partial charge in [0.2, 0.25) is 0 Å². The fourth-order valence-corrected chi connectivity index (χ4v) is 3.18. The zero-order valence-electron chi connectivity index (χ0n) is 11.8. The molecule has 0 saturated heterocycles. The van der Waals surface area contributed by atoms with Gasteiger partial charge in [-0.15, -0.1) is 11.6 Å². The second-order valence-electron chi connectivity index (χ2n) is 5.89. The minimum atomic E-state index is -4.35. The maximum Gasteiger partial charge on any atom is 0.416 e. The summed E-state index contributed by atoms with van der Waals surface area (Å²) in [5, 5.41) is -0.331. The molecule has 3 rings (SSSR count). The molecular weight excluding hydrogens is 301 g/mol. The van der Waals surface area contributed by atoms with Crippen molar-refractivity contribution in [2.45, 2.75) is 44.3 Å². The molecule has 0 amide bonds. The smallest absolute Gasteiger partial charge is 0.324 e. The Kier molecular flexibility index (Phi) is 3.43. The van der Waals surface area contributed by atoms with Gasteiger partial charge in [0.05, 0.1) is 22.0 Å². The summed E-state index contributed by atoms with van der Waals surface area (Å²) < 4.78 is 40.4. The van der Waals surface area contributed by atoms with Gasteiger partial charge in [0, 0.05) is 6.04 Å². The zero-order chi connectivity index (χ0) is 15.4. The van der Waals surface area contributed by atoms with Gasteiger partial charge in [0.25, 0.3) is 0 Å². The van der Waals surface area contributed by atoms with Crippen LogP contribution in [0.5, 0.6) is 0 Å². The lowest BCUT2D eigenvalue weighted by molar-refractivity contribution is -0.137. The molecule has 0 aliphatic heterocycles. The van der Waals surface area contributed by atoms with E-state index in [0.29, 0.717) is 17.3 Å². The van der Waals surface area contributed by atoms with E-state index >= 15 is 0 Å². The Morgan fingerprint density at radius 3 is 2.52 bits per heavy atom. The number of benzene rings is 1. The summed E-state index contributed by atoms with van der Waals surface area (Å²) >= 11 is 6.17. The molecule has 1 aliphatic carbocycles. The fraction of sp³-hybridized carbons (Fsp3) is 0.533. The number of halogens is 4. The number of nitrogens with zero attached hydrogens (tertiary/aromatic N) is 2. The molecule has 0 spiro atoms. The van der Waals surface area contributed by atoms with Crippen molar-refractivity contribution in [1.82, 2.24) is 9.55 Å². The van der Waals surface area contributed by atoms with E-state index in [1.54, 1.807) is 6.92 Å².